The van der Waals surface area contributed by atoms with Crippen LogP contribution in [0.1, 0.15) is 67.4 Å². The van der Waals surface area contributed by atoms with E-state index in [2.05, 4.69) is 25.2 Å². The molecule has 2 N–H and O–H groups in total. The number of para-hydroxylation sites is 2. The van der Waals surface area contributed by atoms with Gasteiger partial charge >= 0.3 is 18.3 Å². The summed E-state index contributed by atoms with van der Waals surface area (Å²) in [6.07, 6.45) is 1.33. The van der Waals surface area contributed by atoms with Gasteiger partial charge in [-0.1, -0.05) is 79.2 Å². The van der Waals surface area contributed by atoms with Crippen LogP contribution in [0.25, 0.3) is 33.5 Å². The van der Waals surface area contributed by atoms with Gasteiger partial charge in [0.15, 0.2) is 0 Å². The zero-order valence-electron chi connectivity index (χ0n) is 33.3. The van der Waals surface area contributed by atoms with Gasteiger partial charge in [-0.05, 0) is 72.7 Å². The number of benzene rings is 4. The highest BCUT2D eigenvalue weighted by atomic mass is 17.1. The minimum absolute atomic E-state index is 0.0887. The van der Waals surface area contributed by atoms with E-state index in [-0.39, 0.29) is 29.8 Å². The zero-order valence-corrected chi connectivity index (χ0v) is 33.3. The topological polar surface area (TPSA) is 221 Å². The number of hydrogen-bond acceptors (Lipinski definition) is 17. The van der Waals surface area contributed by atoms with E-state index < -0.39 is 36.7 Å². The lowest BCUT2D eigenvalue weighted by Gasteiger charge is -2.22. The van der Waals surface area contributed by atoms with Crippen molar-refractivity contribution in [1.29, 1.82) is 0 Å². The minimum atomic E-state index is -1.20. The highest BCUT2D eigenvalue weighted by Crippen LogP contribution is 2.32. The predicted octanol–water partition coefficient (Wildman–Crippen LogP) is 7.48. The van der Waals surface area contributed by atoms with Crippen molar-refractivity contribution in [3.8, 4) is 34.3 Å². The molecule has 1 aliphatic carbocycles. The van der Waals surface area contributed by atoms with E-state index in [1.165, 1.54) is 13.0 Å². The third kappa shape index (κ3) is 10.8. The van der Waals surface area contributed by atoms with Crippen LogP contribution in [0.15, 0.2) is 91.0 Å². The number of hydrogen-bond donors (Lipinski definition) is 2. The molecule has 6 aromatic rings. The van der Waals surface area contributed by atoms with Gasteiger partial charge in [0, 0.05) is 18.1 Å². The molecular formula is C42H43N7O12. The van der Waals surface area contributed by atoms with Crippen molar-refractivity contribution >= 4 is 29.3 Å². The maximum atomic E-state index is 13.5. The van der Waals surface area contributed by atoms with Crippen LogP contribution >= 0.6 is 0 Å². The first-order chi connectivity index (χ1) is 29.6. The first-order valence-corrected chi connectivity index (χ1v) is 19.5. The molecule has 0 saturated heterocycles. The molecule has 318 valence electrons. The molecule has 7 rings (SSSR count). The highest BCUT2D eigenvalue weighted by molar-refractivity contribution is 6.02. The van der Waals surface area contributed by atoms with Gasteiger partial charge in [0.25, 0.3) is 6.01 Å². The Balaban J connectivity index is 1.03. The molecular weight excluding hydrogens is 794 g/mol. The number of rotatable bonds is 16. The van der Waals surface area contributed by atoms with Crippen LogP contribution in [0.4, 0.5) is 9.59 Å². The second-order valence-corrected chi connectivity index (χ2v) is 13.8. The van der Waals surface area contributed by atoms with Gasteiger partial charge in [-0.2, -0.15) is 4.98 Å². The molecule has 0 bridgehead atoms. The fraction of sp³-hybridized carbons (Fsp3) is 0.310. The molecule has 1 unspecified atom stereocenters. The SMILES string of the molecule is CCOc1nc2cccc(C(=O)OC(C)OC(=O)OC3CCCCC3)c2n1Cc1ccc(-c2ccccc2-c2nnn(COC(=O)Oc3ccccc3CON(O)O)n2)cc1. The van der Waals surface area contributed by atoms with Gasteiger partial charge in [-0.15, -0.1) is 15.0 Å². The standard InChI is InChI=1S/C42H43N7O12/c1-3-55-40-43-35-18-11-17-34(39(50)58-27(2)59-42(52)60-31-13-5-4-6-14-31)37(35)47(40)24-28-20-22-29(23-21-28)32-15-8-9-16-33(32)38-44-46-48(45-38)26-56-41(51)61-36-19-10-7-12-30(36)25-57-49(53)54/h7-12,15-23,27,31,53-54H,3-6,13-14,24-26H2,1-2H3. The lowest BCUT2D eigenvalue weighted by molar-refractivity contribution is -0.497. The molecule has 0 amide bonds. The van der Waals surface area contributed by atoms with Gasteiger partial charge in [0.1, 0.15) is 18.5 Å². The van der Waals surface area contributed by atoms with E-state index in [0.29, 0.717) is 41.3 Å². The molecule has 1 saturated carbocycles. The number of carbonyl (C=O) groups is 3. The molecule has 2 aromatic heterocycles. The Hall–Kier alpha value is -6.93. The molecule has 2 heterocycles. The van der Waals surface area contributed by atoms with E-state index in [9.17, 15) is 14.4 Å². The maximum Gasteiger partial charge on any atom is 0.515 e. The van der Waals surface area contributed by atoms with Crippen LogP contribution in [-0.2, 0) is 43.7 Å². The normalized spacial score (nSPS) is 13.5. The lowest BCUT2D eigenvalue weighted by atomic mass is 9.98. The lowest BCUT2D eigenvalue weighted by Crippen LogP contribution is -2.26. The number of aromatic nitrogens is 6. The number of tetrazole rings is 1. The van der Waals surface area contributed by atoms with Crippen molar-refractivity contribution in [3.05, 3.63) is 108 Å². The van der Waals surface area contributed by atoms with Crippen molar-refractivity contribution in [3.63, 3.8) is 0 Å². The molecule has 19 heteroatoms. The summed E-state index contributed by atoms with van der Waals surface area (Å²) in [5.41, 5.74) is 4.78. The Morgan fingerprint density at radius 3 is 2.39 bits per heavy atom. The summed E-state index contributed by atoms with van der Waals surface area (Å²) in [5.74, 6) is -0.335. The monoisotopic (exact) mass is 837 g/mol. The molecule has 61 heavy (non-hydrogen) atoms. The van der Waals surface area contributed by atoms with Crippen molar-refractivity contribution < 1.29 is 58.1 Å². The largest absolute Gasteiger partial charge is 0.515 e. The van der Waals surface area contributed by atoms with E-state index >= 15 is 0 Å². The van der Waals surface area contributed by atoms with E-state index in [4.69, 9.17) is 38.8 Å². The van der Waals surface area contributed by atoms with Crippen molar-refractivity contribution in [2.75, 3.05) is 6.61 Å². The van der Waals surface area contributed by atoms with Crippen LogP contribution in [-0.4, -0.2) is 82.8 Å². The molecule has 4 aromatic carbocycles. The molecule has 1 aliphatic rings. The summed E-state index contributed by atoms with van der Waals surface area (Å²) in [7, 11) is 0. The van der Waals surface area contributed by atoms with Crippen LogP contribution in [0.5, 0.6) is 11.8 Å². The average Bonchev–Trinajstić information content (AvgIpc) is 3.88. The van der Waals surface area contributed by atoms with Crippen LogP contribution < -0.4 is 9.47 Å². The Bertz CT molecular complexity index is 2450. The quantitative estimate of drug-likeness (QED) is 0.0317. The zero-order chi connectivity index (χ0) is 42.7. The highest BCUT2D eigenvalue weighted by Gasteiger charge is 2.25. The summed E-state index contributed by atoms with van der Waals surface area (Å²) in [6, 6.07) is 27.0. The van der Waals surface area contributed by atoms with Crippen LogP contribution in [0, 0.1) is 0 Å². The van der Waals surface area contributed by atoms with Crippen molar-refractivity contribution in [2.45, 2.75) is 78.2 Å². The molecule has 1 atom stereocenters. The van der Waals surface area contributed by atoms with Gasteiger partial charge in [-0.3, -0.25) is 15.0 Å². The van der Waals surface area contributed by atoms with Gasteiger partial charge < -0.3 is 28.4 Å². The van der Waals surface area contributed by atoms with Crippen molar-refractivity contribution in [1.82, 2.24) is 35.1 Å². The summed E-state index contributed by atoms with van der Waals surface area (Å²) in [4.78, 5) is 48.8. The Labute approximate surface area is 348 Å². The van der Waals surface area contributed by atoms with Crippen LogP contribution in [0.3, 0.4) is 0 Å². The van der Waals surface area contributed by atoms with E-state index in [1.54, 1.807) is 41.0 Å². The number of imidazole rings is 1. The van der Waals surface area contributed by atoms with E-state index in [1.807, 2.05) is 55.5 Å². The number of esters is 1. The van der Waals surface area contributed by atoms with Gasteiger partial charge in [0.05, 0.1) is 35.1 Å². The summed E-state index contributed by atoms with van der Waals surface area (Å²) in [5, 5.41) is 29.8. The Morgan fingerprint density at radius 1 is 0.869 bits per heavy atom. The Morgan fingerprint density at radius 2 is 1.62 bits per heavy atom. The summed E-state index contributed by atoms with van der Waals surface area (Å²) < 4.78 is 34.4. The first kappa shape index (κ1) is 42.2. The van der Waals surface area contributed by atoms with Crippen molar-refractivity contribution in [2.24, 2.45) is 0 Å². The average molecular weight is 838 g/mol. The molecule has 0 radical (unpaired) electrons. The molecule has 0 spiro atoms. The molecule has 0 aliphatic heterocycles. The molecule has 19 nitrogen and oxygen atoms in total. The fourth-order valence-corrected chi connectivity index (χ4v) is 6.82. The second kappa shape index (κ2) is 19.9. The smallest absolute Gasteiger partial charge is 0.465 e. The predicted molar refractivity (Wildman–Crippen MR) is 212 cm³/mol. The number of ether oxygens (including phenoxy) is 6. The third-order valence-electron chi connectivity index (χ3n) is 9.60. The second-order valence-electron chi connectivity index (χ2n) is 13.8. The number of carbonyl (C=O) groups excluding carboxylic acids is 3. The Kier molecular flexibility index (Phi) is 13.8. The van der Waals surface area contributed by atoms with Gasteiger partial charge in [0.2, 0.25) is 18.8 Å². The number of fused-ring (bicyclic) bond motifs is 1. The molecule has 1 fully saturated rings. The first-order valence-electron chi connectivity index (χ1n) is 19.5. The summed E-state index contributed by atoms with van der Waals surface area (Å²) >= 11 is 0. The number of nitrogens with zero attached hydrogens (tertiary/aromatic N) is 7. The third-order valence-corrected chi connectivity index (χ3v) is 9.60. The fourth-order valence-electron chi connectivity index (χ4n) is 6.82. The van der Waals surface area contributed by atoms with Crippen LogP contribution in [0.2, 0.25) is 0 Å². The maximum absolute atomic E-state index is 13.5. The van der Waals surface area contributed by atoms with E-state index in [0.717, 1.165) is 53.6 Å². The summed E-state index contributed by atoms with van der Waals surface area (Å²) in [6.45, 7) is 3.24. The minimum Gasteiger partial charge on any atom is -0.465 e. The van der Waals surface area contributed by atoms with Gasteiger partial charge in [-0.25, -0.2) is 19.2 Å².